The number of fused-ring (bicyclic) bond motifs is 1. The van der Waals surface area contributed by atoms with Gasteiger partial charge in [-0.05, 0) is 33.2 Å². The number of carboxylic acids is 1. The number of aliphatic carboxylic acids is 1. The minimum Gasteiger partial charge on any atom is -0.480 e. The molecule has 0 aromatic heterocycles. The highest BCUT2D eigenvalue weighted by atomic mass is 16.4. The van der Waals surface area contributed by atoms with Crippen LogP contribution in [0.4, 0.5) is 4.79 Å². The molecule has 0 aliphatic carbocycles. The van der Waals surface area contributed by atoms with Crippen molar-refractivity contribution in [2.75, 3.05) is 19.6 Å². The average Bonchev–Trinajstić information content (AvgIpc) is 2.37. The van der Waals surface area contributed by atoms with Crippen molar-refractivity contribution < 1.29 is 14.7 Å². The molecule has 19 heavy (non-hydrogen) atoms. The van der Waals surface area contributed by atoms with Crippen LogP contribution in [0.25, 0.3) is 0 Å². The van der Waals surface area contributed by atoms with Crippen LogP contribution in [0.1, 0.15) is 33.1 Å². The molecule has 6 heteroatoms. The lowest BCUT2D eigenvalue weighted by atomic mass is 9.97. The molecule has 0 radical (unpaired) electrons. The third-order valence-corrected chi connectivity index (χ3v) is 4.16. The first-order valence-corrected chi connectivity index (χ1v) is 7.03. The van der Waals surface area contributed by atoms with E-state index in [4.69, 9.17) is 5.11 Å². The first-order valence-electron chi connectivity index (χ1n) is 7.03. The van der Waals surface area contributed by atoms with Crippen molar-refractivity contribution in [2.24, 2.45) is 0 Å². The molecule has 2 saturated heterocycles. The maximum Gasteiger partial charge on any atom is 0.325 e. The van der Waals surface area contributed by atoms with E-state index in [0.29, 0.717) is 12.6 Å². The van der Waals surface area contributed by atoms with Gasteiger partial charge >= 0.3 is 12.0 Å². The van der Waals surface area contributed by atoms with Crippen LogP contribution in [-0.2, 0) is 4.79 Å². The fourth-order valence-electron chi connectivity index (χ4n) is 2.96. The molecule has 2 N–H and O–H groups in total. The Morgan fingerprint density at radius 3 is 2.74 bits per heavy atom. The molecule has 2 rings (SSSR count). The number of nitrogens with zero attached hydrogens (tertiary/aromatic N) is 2. The Morgan fingerprint density at radius 2 is 2.05 bits per heavy atom. The third-order valence-electron chi connectivity index (χ3n) is 4.16. The summed E-state index contributed by atoms with van der Waals surface area (Å²) in [5.74, 6) is -1.00. The number of amides is 2. The summed E-state index contributed by atoms with van der Waals surface area (Å²) in [6.07, 6.45) is 3.59. The minimum absolute atomic E-state index is 0.135. The van der Waals surface area contributed by atoms with Crippen LogP contribution >= 0.6 is 0 Å². The van der Waals surface area contributed by atoms with E-state index in [1.165, 1.54) is 19.8 Å². The number of piperidine rings is 1. The molecule has 6 nitrogen and oxygen atoms in total. The molecular formula is C13H23N3O3. The maximum atomic E-state index is 12.1. The van der Waals surface area contributed by atoms with Crippen LogP contribution in [0.5, 0.6) is 0 Å². The Labute approximate surface area is 113 Å². The van der Waals surface area contributed by atoms with Gasteiger partial charge in [0, 0.05) is 25.2 Å². The van der Waals surface area contributed by atoms with Crippen LogP contribution in [0.15, 0.2) is 0 Å². The van der Waals surface area contributed by atoms with Gasteiger partial charge in [-0.25, -0.2) is 4.79 Å². The van der Waals surface area contributed by atoms with Crippen molar-refractivity contribution in [3.63, 3.8) is 0 Å². The fraction of sp³-hybridized carbons (Fsp3) is 0.846. The zero-order valence-electron chi connectivity index (χ0n) is 11.6. The summed E-state index contributed by atoms with van der Waals surface area (Å²) >= 11 is 0. The Hall–Kier alpha value is -1.30. The van der Waals surface area contributed by atoms with E-state index in [1.807, 2.05) is 6.92 Å². The smallest absolute Gasteiger partial charge is 0.325 e. The Morgan fingerprint density at radius 1 is 1.32 bits per heavy atom. The number of rotatable bonds is 2. The molecule has 0 spiro atoms. The topological polar surface area (TPSA) is 72.9 Å². The molecular weight excluding hydrogens is 246 g/mol. The molecule has 0 bridgehead atoms. The van der Waals surface area contributed by atoms with Gasteiger partial charge in [-0.15, -0.1) is 0 Å². The number of carbonyl (C=O) groups excluding carboxylic acids is 1. The summed E-state index contributed by atoms with van der Waals surface area (Å²) in [6, 6.07) is -0.525. The van der Waals surface area contributed by atoms with E-state index in [1.54, 1.807) is 4.90 Å². The van der Waals surface area contributed by atoms with Gasteiger partial charge in [-0.3, -0.25) is 9.69 Å². The average molecular weight is 269 g/mol. The summed E-state index contributed by atoms with van der Waals surface area (Å²) in [4.78, 5) is 27.2. The SMILES string of the molecule is CC(NC(=O)N1CC2CCCCN2CC1C)C(=O)O. The molecule has 2 fully saturated rings. The van der Waals surface area contributed by atoms with Crippen LogP contribution in [0, 0.1) is 0 Å². The molecule has 2 aliphatic rings. The minimum atomic E-state index is -1.00. The Balaban J connectivity index is 1.95. The van der Waals surface area contributed by atoms with E-state index in [2.05, 4.69) is 10.2 Å². The summed E-state index contributed by atoms with van der Waals surface area (Å²) < 4.78 is 0. The number of piperazine rings is 1. The second-order valence-corrected chi connectivity index (χ2v) is 5.66. The van der Waals surface area contributed by atoms with Gasteiger partial charge in [-0.1, -0.05) is 6.42 Å². The molecule has 3 unspecified atom stereocenters. The lowest BCUT2D eigenvalue weighted by Gasteiger charge is -2.47. The van der Waals surface area contributed by atoms with Gasteiger partial charge in [0.05, 0.1) is 0 Å². The highest BCUT2D eigenvalue weighted by Crippen LogP contribution is 2.23. The normalized spacial score (nSPS) is 29.5. The molecule has 108 valence electrons. The second kappa shape index (κ2) is 5.77. The lowest BCUT2D eigenvalue weighted by molar-refractivity contribution is -0.138. The molecule has 2 amide bonds. The number of nitrogens with one attached hydrogen (secondary N) is 1. The summed E-state index contributed by atoms with van der Waals surface area (Å²) in [7, 11) is 0. The largest absolute Gasteiger partial charge is 0.480 e. The van der Waals surface area contributed by atoms with E-state index in [-0.39, 0.29) is 12.1 Å². The van der Waals surface area contributed by atoms with Crippen LogP contribution < -0.4 is 5.32 Å². The molecule has 2 aliphatic heterocycles. The monoisotopic (exact) mass is 269 g/mol. The standard InChI is InChI=1S/C13H23N3O3/c1-9-7-15-6-4-3-5-11(15)8-16(9)13(19)14-10(2)12(17)18/h9-11H,3-8H2,1-2H3,(H,14,19)(H,17,18). The molecule has 0 aromatic carbocycles. The third kappa shape index (κ3) is 3.18. The summed E-state index contributed by atoms with van der Waals surface area (Å²) in [6.45, 7) is 6.23. The van der Waals surface area contributed by atoms with Gasteiger partial charge in [-0.2, -0.15) is 0 Å². The van der Waals surface area contributed by atoms with Crippen molar-refractivity contribution in [1.82, 2.24) is 15.1 Å². The van der Waals surface area contributed by atoms with Gasteiger partial charge in [0.2, 0.25) is 0 Å². The predicted molar refractivity (Wildman–Crippen MR) is 71.0 cm³/mol. The van der Waals surface area contributed by atoms with Crippen LogP contribution in [0.2, 0.25) is 0 Å². The second-order valence-electron chi connectivity index (χ2n) is 5.66. The van der Waals surface area contributed by atoms with E-state index < -0.39 is 12.0 Å². The van der Waals surface area contributed by atoms with E-state index in [9.17, 15) is 9.59 Å². The highest BCUT2D eigenvalue weighted by molar-refractivity contribution is 5.82. The zero-order valence-corrected chi connectivity index (χ0v) is 11.6. The number of carbonyl (C=O) groups is 2. The zero-order chi connectivity index (χ0) is 14.0. The van der Waals surface area contributed by atoms with Crippen molar-refractivity contribution in [3.8, 4) is 0 Å². The van der Waals surface area contributed by atoms with Crippen molar-refractivity contribution in [3.05, 3.63) is 0 Å². The van der Waals surface area contributed by atoms with Crippen LogP contribution in [0.3, 0.4) is 0 Å². The first kappa shape index (κ1) is 14.1. The van der Waals surface area contributed by atoms with Crippen molar-refractivity contribution in [2.45, 2.75) is 51.2 Å². The summed E-state index contributed by atoms with van der Waals surface area (Å²) in [5.41, 5.74) is 0. The molecule has 0 saturated carbocycles. The van der Waals surface area contributed by atoms with Crippen molar-refractivity contribution in [1.29, 1.82) is 0 Å². The Kier molecular flexibility index (Phi) is 4.29. The van der Waals surface area contributed by atoms with Crippen LogP contribution in [-0.4, -0.2) is 64.7 Å². The molecule has 0 aromatic rings. The number of carboxylic acid groups (broad SMARTS) is 1. The van der Waals surface area contributed by atoms with Gasteiger partial charge < -0.3 is 15.3 Å². The quantitative estimate of drug-likeness (QED) is 0.775. The lowest BCUT2D eigenvalue weighted by Crippen LogP contribution is -2.62. The van der Waals surface area contributed by atoms with E-state index >= 15 is 0 Å². The number of hydrogen-bond donors (Lipinski definition) is 2. The predicted octanol–water partition coefficient (Wildman–Crippen LogP) is 0.728. The van der Waals surface area contributed by atoms with Gasteiger partial charge in [0.15, 0.2) is 0 Å². The van der Waals surface area contributed by atoms with Gasteiger partial charge in [0.1, 0.15) is 6.04 Å². The molecule has 3 atom stereocenters. The number of hydrogen-bond acceptors (Lipinski definition) is 3. The maximum absolute atomic E-state index is 12.1. The number of urea groups is 1. The highest BCUT2D eigenvalue weighted by Gasteiger charge is 2.35. The summed E-state index contributed by atoms with van der Waals surface area (Å²) in [5, 5.41) is 11.4. The Bertz CT molecular complexity index is 361. The van der Waals surface area contributed by atoms with E-state index in [0.717, 1.165) is 19.5 Å². The molecule has 2 heterocycles. The first-order chi connectivity index (χ1) is 8.99. The fourth-order valence-corrected chi connectivity index (χ4v) is 2.96. The van der Waals surface area contributed by atoms with Crippen molar-refractivity contribution >= 4 is 12.0 Å². The van der Waals surface area contributed by atoms with Gasteiger partial charge in [0.25, 0.3) is 0 Å².